The molecule has 1 heterocycles. The summed E-state index contributed by atoms with van der Waals surface area (Å²) in [5.74, 6) is 0.249. The smallest absolute Gasteiger partial charge is 0.201 e. The van der Waals surface area contributed by atoms with Gasteiger partial charge in [-0.05, 0) is 38.4 Å². The van der Waals surface area contributed by atoms with Crippen LogP contribution in [0.5, 0.6) is 11.5 Å². The summed E-state index contributed by atoms with van der Waals surface area (Å²) in [5, 5.41) is 11.4. The molecular formula is C18H20N2O3. The van der Waals surface area contributed by atoms with Gasteiger partial charge in [-0.1, -0.05) is 12.1 Å². The topological polar surface area (TPSA) is 54.7 Å². The van der Waals surface area contributed by atoms with E-state index in [4.69, 9.17) is 4.74 Å². The lowest BCUT2D eigenvalue weighted by Gasteiger charge is -2.15. The first-order valence-corrected chi connectivity index (χ1v) is 7.51. The second kappa shape index (κ2) is 5.93. The first-order chi connectivity index (χ1) is 11.0. The molecule has 0 aliphatic rings. The van der Waals surface area contributed by atoms with Crippen molar-refractivity contribution in [1.29, 1.82) is 0 Å². The molecule has 5 heteroatoms. The Labute approximate surface area is 134 Å². The van der Waals surface area contributed by atoms with E-state index >= 15 is 0 Å². The van der Waals surface area contributed by atoms with Crippen LogP contribution in [-0.2, 0) is 7.05 Å². The Hall–Kier alpha value is -2.53. The monoisotopic (exact) mass is 312 g/mol. The van der Waals surface area contributed by atoms with Gasteiger partial charge in [0.2, 0.25) is 5.43 Å². The van der Waals surface area contributed by atoms with Crippen LogP contribution < -0.4 is 10.2 Å². The van der Waals surface area contributed by atoms with Crippen molar-refractivity contribution in [2.45, 2.75) is 0 Å². The number of hydrogen-bond acceptors (Lipinski definition) is 4. The Morgan fingerprint density at radius 1 is 1.13 bits per heavy atom. The van der Waals surface area contributed by atoms with Gasteiger partial charge in [-0.3, -0.25) is 4.79 Å². The average molecular weight is 312 g/mol. The quantitative estimate of drug-likeness (QED) is 0.751. The molecule has 0 amide bonds. The van der Waals surface area contributed by atoms with Crippen molar-refractivity contribution in [3.63, 3.8) is 0 Å². The van der Waals surface area contributed by atoms with E-state index in [1.165, 1.54) is 0 Å². The van der Waals surface area contributed by atoms with Gasteiger partial charge in [-0.2, -0.15) is 0 Å². The molecule has 23 heavy (non-hydrogen) atoms. The van der Waals surface area contributed by atoms with Crippen LogP contribution in [0.4, 0.5) is 0 Å². The Kier molecular flexibility index (Phi) is 3.96. The number of fused-ring (bicyclic) bond motifs is 2. The summed E-state index contributed by atoms with van der Waals surface area (Å²) in [6, 6.07) is 10.9. The molecule has 1 N–H and O–H groups in total. The number of benzene rings is 2. The number of ether oxygens (including phenoxy) is 1. The fourth-order valence-corrected chi connectivity index (χ4v) is 2.74. The third-order valence-corrected chi connectivity index (χ3v) is 4.01. The van der Waals surface area contributed by atoms with Crippen molar-refractivity contribution in [1.82, 2.24) is 9.47 Å². The minimum Gasteiger partial charge on any atom is -0.504 e. The van der Waals surface area contributed by atoms with Crippen molar-refractivity contribution >= 4 is 21.8 Å². The number of aromatic hydroxyl groups is 1. The Balaban J connectivity index is 2.19. The second-order valence-electron chi connectivity index (χ2n) is 5.86. The van der Waals surface area contributed by atoms with Crippen LogP contribution in [0, 0.1) is 0 Å². The molecule has 0 atom stereocenters. The van der Waals surface area contributed by atoms with Gasteiger partial charge < -0.3 is 19.3 Å². The van der Waals surface area contributed by atoms with E-state index in [-0.39, 0.29) is 11.2 Å². The number of aromatic nitrogens is 1. The van der Waals surface area contributed by atoms with Gasteiger partial charge >= 0.3 is 0 Å². The molecule has 3 aromatic rings. The first kappa shape index (κ1) is 15.4. The Bertz CT molecular complexity index is 929. The van der Waals surface area contributed by atoms with E-state index in [0.29, 0.717) is 28.6 Å². The van der Waals surface area contributed by atoms with Gasteiger partial charge in [0.1, 0.15) is 6.61 Å². The SMILES string of the molecule is CN(C)CCOc1ccc2c(c1O)c(=O)c1ccccc1n2C. The average Bonchev–Trinajstić information content (AvgIpc) is 2.53. The number of likely N-dealkylation sites (N-methyl/N-ethyl adjacent to an activating group) is 1. The zero-order valence-electron chi connectivity index (χ0n) is 13.5. The third kappa shape index (κ3) is 2.64. The van der Waals surface area contributed by atoms with Gasteiger partial charge in [0.25, 0.3) is 0 Å². The van der Waals surface area contributed by atoms with Gasteiger partial charge in [-0.15, -0.1) is 0 Å². The zero-order valence-corrected chi connectivity index (χ0v) is 13.5. The second-order valence-corrected chi connectivity index (χ2v) is 5.86. The fourth-order valence-electron chi connectivity index (χ4n) is 2.74. The largest absolute Gasteiger partial charge is 0.504 e. The summed E-state index contributed by atoms with van der Waals surface area (Å²) in [5.41, 5.74) is 1.35. The highest BCUT2D eigenvalue weighted by Gasteiger charge is 2.15. The maximum absolute atomic E-state index is 12.8. The maximum Gasteiger partial charge on any atom is 0.201 e. The van der Waals surface area contributed by atoms with Crippen LogP contribution in [0.15, 0.2) is 41.2 Å². The van der Waals surface area contributed by atoms with Crippen LogP contribution in [0.2, 0.25) is 0 Å². The fraction of sp³-hybridized carbons (Fsp3) is 0.278. The number of nitrogens with zero attached hydrogens (tertiary/aromatic N) is 2. The predicted octanol–water partition coefficient (Wildman–Crippen LogP) is 2.34. The normalized spacial score (nSPS) is 11.5. The van der Waals surface area contributed by atoms with Crippen LogP contribution in [0.1, 0.15) is 0 Å². The molecule has 0 bridgehead atoms. The van der Waals surface area contributed by atoms with Crippen molar-refractivity contribution in [2.75, 3.05) is 27.2 Å². The van der Waals surface area contributed by atoms with Crippen LogP contribution in [0.3, 0.4) is 0 Å². The Morgan fingerprint density at radius 3 is 2.61 bits per heavy atom. The molecule has 0 radical (unpaired) electrons. The van der Waals surface area contributed by atoms with E-state index in [0.717, 1.165) is 12.1 Å². The summed E-state index contributed by atoms with van der Waals surface area (Å²) in [7, 11) is 5.78. The number of phenolic OH excluding ortho intramolecular Hbond substituents is 1. The summed E-state index contributed by atoms with van der Waals surface area (Å²) >= 11 is 0. The number of rotatable bonds is 4. The standard InChI is InChI=1S/C18H20N2O3/c1-19(2)10-11-23-15-9-8-14-16(18(15)22)17(21)12-6-4-5-7-13(12)20(14)3/h4-9,22H,10-11H2,1-3H3. The summed E-state index contributed by atoms with van der Waals surface area (Å²) in [4.78, 5) is 14.7. The van der Waals surface area contributed by atoms with E-state index in [9.17, 15) is 9.90 Å². The zero-order chi connectivity index (χ0) is 16.6. The van der Waals surface area contributed by atoms with Crippen molar-refractivity contribution in [3.8, 4) is 11.5 Å². The number of para-hydroxylation sites is 1. The van der Waals surface area contributed by atoms with Crippen molar-refractivity contribution < 1.29 is 9.84 Å². The van der Waals surface area contributed by atoms with Gasteiger partial charge in [0.15, 0.2) is 11.5 Å². The highest BCUT2D eigenvalue weighted by Crippen LogP contribution is 2.33. The molecule has 120 valence electrons. The van der Waals surface area contributed by atoms with Gasteiger partial charge in [0, 0.05) is 19.0 Å². The lowest BCUT2D eigenvalue weighted by atomic mass is 10.1. The molecule has 0 aliphatic carbocycles. The summed E-state index contributed by atoms with van der Waals surface area (Å²) in [6.45, 7) is 1.17. The first-order valence-electron chi connectivity index (χ1n) is 7.51. The highest BCUT2D eigenvalue weighted by atomic mass is 16.5. The van der Waals surface area contributed by atoms with Gasteiger partial charge in [0.05, 0.1) is 16.4 Å². The van der Waals surface area contributed by atoms with E-state index in [1.807, 2.05) is 54.9 Å². The number of aryl methyl sites for hydroxylation is 1. The van der Waals surface area contributed by atoms with Crippen LogP contribution in [0.25, 0.3) is 21.8 Å². The highest BCUT2D eigenvalue weighted by molar-refractivity contribution is 5.97. The summed E-state index contributed by atoms with van der Waals surface area (Å²) < 4.78 is 7.53. The molecule has 0 fully saturated rings. The third-order valence-electron chi connectivity index (χ3n) is 4.01. The molecule has 5 nitrogen and oxygen atoms in total. The molecule has 0 spiro atoms. The van der Waals surface area contributed by atoms with E-state index < -0.39 is 0 Å². The molecule has 0 unspecified atom stereocenters. The minimum absolute atomic E-state index is 0.0902. The van der Waals surface area contributed by atoms with Crippen molar-refractivity contribution in [2.24, 2.45) is 7.05 Å². The lowest BCUT2D eigenvalue weighted by molar-refractivity contribution is 0.253. The number of hydrogen-bond donors (Lipinski definition) is 1. The number of phenols is 1. The van der Waals surface area contributed by atoms with Gasteiger partial charge in [-0.25, -0.2) is 0 Å². The van der Waals surface area contributed by atoms with E-state index in [2.05, 4.69) is 0 Å². The minimum atomic E-state index is -0.177. The number of pyridine rings is 1. The molecule has 0 saturated carbocycles. The van der Waals surface area contributed by atoms with Crippen molar-refractivity contribution in [3.05, 3.63) is 46.6 Å². The van der Waals surface area contributed by atoms with E-state index in [1.54, 1.807) is 12.1 Å². The molecule has 1 aromatic heterocycles. The van der Waals surface area contributed by atoms with Crippen LogP contribution >= 0.6 is 0 Å². The molecule has 0 saturated heterocycles. The molecular weight excluding hydrogens is 292 g/mol. The Morgan fingerprint density at radius 2 is 1.87 bits per heavy atom. The maximum atomic E-state index is 12.8. The molecule has 2 aromatic carbocycles. The lowest BCUT2D eigenvalue weighted by Crippen LogP contribution is -2.19. The molecule has 0 aliphatic heterocycles. The predicted molar refractivity (Wildman–Crippen MR) is 92.4 cm³/mol. The summed E-state index contributed by atoms with van der Waals surface area (Å²) in [6.07, 6.45) is 0. The van der Waals surface area contributed by atoms with Crippen LogP contribution in [-0.4, -0.2) is 41.8 Å². The molecule has 3 rings (SSSR count).